The lowest BCUT2D eigenvalue weighted by Crippen LogP contribution is -2.28. The van der Waals surface area contributed by atoms with Crippen LogP contribution in [0.3, 0.4) is 0 Å². The van der Waals surface area contributed by atoms with E-state index >= 15 is 0 Å². The molecule has 0 bridgehead atoms. The van der Waals surface area contributed by atoms with E-state index in [0.29, 0.717) is 12.4 Å². The number of hydrogen-bond acceptors (Lipinski definition) is 3. The molecule has 0 fully saturated rings. The largest absolute Gasteiger partial charge is 0.492 e. The number of nitrogens with zero attached hydrogens (tertiary/aromatic N) is 1. The first-order valence-electron chi connectivity index (χ1n) is 6.35. The lowest BCUT2D eigenvalue weighted by atomic mass is 10.2. The molecule has 18 heavy (non-hydrogen) atoms. The van der Waals surface area contributed by atoms with E-state index in [2.05, 4.69) is 18.7 Å². The summed E-state index contributed by atoms with van der Waals surface area (Å²) < 4.78 is 5.58. The highest BCUT2D eigenvalue weighted by molar-refractivity contribution is 5.87. The second kappa shape index (κ2) is 7.71. The topological polar surface area (TPSA) is 49.8 Å². The number of carboxylic acid groups (broad SMARTS) is 1. The molecule has 1 aromatic rings. The van der Waals surface area contributed by atoms with Crippen molar-refractivity contribution in [3.8, 4) is 5.75 Å². The van der Waals surface area contributed by atoms with Gasteiger partial charge in [-0.05, 0) is 43.8 Å². The molecule has 1 N–H and O–H groups in total. The van der Waals surface area contributed by atoms with Gasteiger partial charge in [-0.15, -0.1) is 0 Å². The van der Waals surface area contributed by atoms with E-state index in [0.717, 1.165) is 26.1 Å². The van der Waals surface area contributed by atoms with Crippen LogP contribution in [0.1, 0.15) is 30.6 Å². The van der Waals surface area contributed by atoms with Crippen LogP contribution in [0, 0.1) is 0 Å². The molecular formula is C14H21NO3. The van der Waals surface area contributed by atoms with Crippen LogP contribution in [0.2, 0.25) is 0 Å². The first-order chi connectivity index (χ1) is 8.67. The van der Waals surface area contributed by atoms with Crippen LogP contribution in [0.15, 0.2) is 24.3 Å². The maximum absolute atomic E-state index is 10.7. The van der Waals surface area contributed by atoms with Gasteiger partial charge in [-0.3, -0.25) is 0 Å². The summed E-state index contributed by atoms with van der Waals surface area (Å²) in [6, 6.07) is 6.50. The number of rotatable bonds is 8. The third-order valence-corrected chi connectivity index (χ3v) is 2.76. The predicted octanol–water partition coefficient (Wildman–Crippen LogP) is 2.50. The van der Waals surface area contributed by atoms with Gasteiger partial charge in [0, 0.05) is 6.54 Å². The molecule has 0 saturated carbocycles. The van der Waals surface area contributed by atoms with Gasteiger partial charge in [0.1, 0.15) is 12.4 Å². The molecule has 4 nitrogen and oxygen atoms in total. The minimum absolute atomic E-state index is 0.281. The molecule has 0 radical (unpaired) electrons. The summed E-state index contributed by atoms with van der Waals surface area (Å²) >= 11 is 0. The molecule has 0 atom stereocenters. The number of aromatic carboxylic acids is 1. The Morgan fingerprint density at radius 2 is 1.89 bits per heavy atom. The van der Waals surface area contributed by atoms with Crippen LogP contribution in [0.25, 0.3) is 0 Å². The zero-order valence-corrected chi connectivity index (χ0v) is 11.1. The van der Waals surface area contributed by atoms with Gasteiger partial charge in [-0.25, -0.2) is 4.79 Å². The number of hydrogen-bond donors (Lipinski definition) is 1. The van der Waals surface area contributed by atoms with E-state index < -0.39 is 5.97 Å². The summed E-state index contributed by atoms with van der Waals surface area (Å²) in [6.07, 6.45) is 1.14. The van der Waals surface area contributed by atoms with E-state index in [1.165, 1.54) is 0 Å². The SMILES string of the molecule is CCCN(CC)CCOc1ccc(C(=O)O)cc1. The third kappa shape index (κ3) is 4.75. The zero-order valence-electron chi connectivity index (χ0n) is 11.1. The van der Waals surface area contributed by atoms with Crippen LogP contribution in [0.5, 0.6) is 5.75 Å². The van der Waals surface area contributed by atoms with E-state index in [-0.39, 0.29) is 5.56 Å². The maximum atomic E-state index is 10.7. The number of likely N-dealkylation sites (N-methyl/N-ethyl adjacent to an activating group) is 1. The Balaban J connectivity index is 2.37. The number of carboxylic acids is 1. The van der Waals surface area contributed by atoms with Gasteiger partial charge in [0.05, 0.1) is 5.56 Å². The first-order valence-corrected chi connectivity index (χ1v) is 6.35. The second-order valence-corrected chi connectivity index (χ2v) is 4.11. The summed E-state index contributed by atoms with van der Waals surface area (Å²) in [7, 11) is 0. The number of benzene rings is 1. The first kappa shape index (κ1) is 14.5. The normalized spacial score (nSPS) is 10.6. The minimum atomic E-state index is -0.915. The highest BCUT2D eigenvalue weighted by atomic mass is 16.5. The standard InChI is InChI=1S/C14H21NO3/c1-3-9-15(4-2)10-11-18-13-7-5-12(6-8-13)14(16)17/h5-8H,3-4,9-11H2,1-2H3,(H,16,17). The fourth-order valence-corrected chi connectivity index (χ4v) is 1.73. The van der Waals surface area contributed by atoms with E-state index in [1.807, 2.05) is 0 Å². The van der Waals surface area contributed by atoms with Crippen molar-refractivity contribution in [2.75, 3.05) is 26.2 Å². The average Bonchev–Trinajstić information content (AvgIpc) is 2.38. The molecule has 0 heterocycles. The van der Waals surface area contributed by atoms with Crippen molar-refractivity contribution in [1.82, 2.24) is 4.90 Å². The summed E-state index contributed by atoms with van der Waals surface area (Å²) in [5.74, 6) is -0.200. The lowest BCUT2D eigenvalue weighted by molar-refractivity contribution is 0.0697. The van der Waals surface area contributed by atoms with Gasteiger partial charge in [-0.1, -0.05) is 13.8 Å². The zero-order chi connectivity index (χ0) is 13.4. The Hall–Kier alpha value is -1.55. The van der Waals surface area contributed by atoms with Crippen molar-refractivity contribution >= 4 is 5.97 Å². The van der Waals surface area contributed by atoms with Crippen LogP contribution < -0.4 is 4.74 Å². The Labute approximate surface area is 108 Å². The van der Waals surface area contributed by atoms with Crippen molar-refractivity contribution < 1.29 is 14.6 Å². The van der Waals surface area contributed by atoms with Crippen LogP contribution in [-0.4, -0.2) is 42.2 Å². The molecule has 0 amide bonds. The van der Waals surface area contributed by atoms with Crippen molar-refractivity contribution in [2.24, 2.45) is 0 Å². The summed E-state index contributed by atoms with van der Waals surface area (Å²) in [5.41, 5.74) is 0.281. The molecular weight excluding hydrogens is 230 g/mol. The summed E-state index contributed by atoms with van der Waals surface area (Å²) in [6.45, 7) is 7.92. The third-order valence-electron chi connectivity index (χ3n) is 2.76. The van der Waals surface area contributed by atoms with Gasteiger partial charge < -0.3 is 14.7 Å². The molecule has 0 aliphatic rings. The smallest absolute Gasteiger partial charge is 0.335 e. The molecule has 0 aliphatic heterocycles. The highest BCUT2D eigenvalue weighted by Gasteiger charge is 2.03. The van der Waals surface area contributed by atoms with Crippen molar-refractivity contribution in [2.45, 2.75) is 20.3 Å². The fraction of sp³-hybridized carbons (Fsp3) is 0.500. The minimum Gasteiger partial charge on any atom is -0.492 e. The fourth-order valence-electron chi connectivity index (χ4n) is 1.73. The summed E-state index contributed by atoms with van der Waals surface area (Å²) in [5, 5.41) is 8.77. The Morgan fingerprint density at radius 3 is 2.39 bits per heavy atom. The average molecular weight is 251 g/mol. The van der Waals surface area contributed by atoms with Crippen molar-refractivity contribution in [1.29, 1.82) is 0 Å². The quantitative estimate of drug-likeness (QED) is 0.771. The Kier molecular flexibility index (Phi) is 6.22. The van der Waals surface area contributed by atoms with E-state index in [9.17, 15) is 4.79 Å². The molecule has 0 saturated heterocycles. The van der Waals surface area contributed by atoms with E-state index in [4.69, 9.17) is 9.84 Å². The van der Waals surface area contributed by atoms with Crippen molar-refractivity contribution in [3.63, 3.8) is 0 Å². The monoisotopic (exact) mass is 251 g/mol. The summed E-state index contributed by atoms with van der Waals surface area (Å²) in [4.78, 5) is 13.0. The molecule has 0 unspecified atom stereocenters. The Morgan fingerprint density at radius 1 is 1.22 bits per heavy atom. The van der Waals surface area contributed by atoms with Gasteiger partial charge >= 0.3 is 5.97 Å². The molecule has 4 heteroatoms. The molecule has 0 aliphatic carbocycles. The van der Waals surface area contributed by atoms with Gasteiger partial charge in [0.2, 0.25) is 0 Å². The molecule has 100 valence electrons. The Bertz CT molecular complexity index is 362. The van der Waals surface area contributed by atoms with Crippen molar-refractivity contribution in [3.05, 3.63) is 29.8 Å². The van der Waals surface area contributed by atoms with Gasteiger partial charge in [-0.2, -0.15) is 0 Å². The molecule has 1 aromatic carbocycles. The predicted molar refractivity (Wildman–Crippen MR) is 71.3 cm³/mol. The number of carbonyl (C=O) groups is 1. The van der Waals surface area contributed by atoms with Crippen LogP contribution in [0.4, 0.5) is 0 Å². The van der Waals surface area contributed by atoms with Gasteiger partial charge in [0.15, 0.2) is 0 Å². The highest BCUT2D eigenvalue weighted by Crippen LogP contribution is 2.12. The van der Waals surface area contributed by atoms with Crippen LogP contribution in [-0.2, 0) is 0 Å². The maximum Gasteiger partial charge on any atom is 0.335 e. The molecule has 0 spiro atoms. The van der Waals surface area contributed by atoms with Gasteiger partial charge in [0.25, 0.3) is 0 Å². The van der Waals surface area contributed by atoms with E-state index in [1.54, 1.807) is 24.3 Å². The number of ether oxygens (including phenoxy) is 1. The van der Waals surface area contributed by atoms with Crippen LogP contribution >= 0.6 is 0 Å². The second-order valence-electron chi connectivity index (χ2n) is 4.11. The molecule has 1 rings (SSSR count). The lowest BCUT2D eigenvalue weighted by Gasteiger charge is -2.19. The molecule has 0 aromatic heterocycles.